The largest absolute Gasteiger partial charge is 0.496 e. The fourth-order valence-corrected chi connectivity index (χ4v) is 2.40. The smallest absolute Gasteiger partial charge is 0.125 e. The summed E-state index contributed by atoms with van der Waals surface area (Å²) in [6.45, 7) is 4.94. The summed E-state index contributed by atoms with van der Waals surface area (Å²) in [5, 5.41) is 0. The molecule has 1 atom stereocenters. The quantitative estimate of drug-likeness (QED) is 0.913. The van der Waals surface area contributed by atoms with E-state index in [0.717, 1.165) is 22.2 Å². The van der Waals surface area contributed by atoms with Crippen molar-refractivity contribution >= 4 is 15.9 Å². The van der Waals surface area contributed by atoms with Crippen molar-refractivity contribution in [1.82, 2.24) is 0 Å². The standard InChI is InChI=1S/C12H18BrNO/c1-8(4-5-14)11-7-10(13)6-9(2)12(11)15-3/h6-8H,4-5,14H2,1-3H3. The van der Waals surface area contributed by atoms with Crippen LogP contribution >= 0.6 is 15.9 Å². The van der Waals surface area contributed by atoms with Gasteiger partial charge in [-0.1, -0.05) is 22.9 Å². The van der Waals surface area contributed by atoms with E-state index < -0.39 is 0 Å². The van der Waals surface area contributed by atoms with E-state index in [1.807, 2.05) is 0 Å². The maximum absolute atomic E-state index is 5.58. The van der Waals surface area contributed by atoms with E-state index in [2.05, 4.69) is 41.9 Å². The molecule has 1 unspecified atom stereocenters. The number of ether oxygens (including phenoxy) is 1. The number of methoxy groups -OCH3 is 1. The first-order valence-electron chi connectivity index (χ1n) is 5.14. The minimum atomic E-state index is 0.432. The van der Waals surface area contributed by atoms with Gasteiger partial charge in [0, 0.05) is 4.47 Å². The first-order chi connectivity index (χ1) is 7.10. The molecule has 0 heterocycles. The van der Waals surface area contributed by atoms with Gasteiger partial charge in [0.15, 0.2) is 0 Å². The number of benzene rings is 1. The summed E-state index contributed by atoms with van der Waals surface area (Å²) in [5.41, 5.74) is 7.97. The first-order valence-corrected chi connectivity index (χ1v) is 5.93. The highest BCUT2D eigenvalue weighted by atomic mass is 79.9. The maximum atomic E-state index is 5.58. The SMILES string of the molecule is COc1c(C)cc(Br)cc1C(C)CCN. The van der Waals surface area contributed by atoms with Crippen LogP contribution in [0.4, 0.5) is 0 Å². The third kappa shape index (κ3) is 2.95. The average molecular weight is 272 g/mol. The molecule has 0 aliphatic rings. The van der Waals surface area contributed by atoms with Crippen LogP contribution in [0.15, 0.2) is 16.6 Å². The molecule has 0 aromatic heterocycles. The summed E-state index contributed by atoms with van der Waals surface area (Å²) in [6, 6.07) is 4.18. The van der Waals surface area contributed by atoms with Crippen molar-refractivity contribution in [3.63, 3.8) is 0 Å². The molecule has 1 aromatic carbocycles. The second kappa shape index (κ2) is 5.52. The predicted molar refractivity (Wildman–Crippen MR) is 67.5 cm³/mol. The van der Waals surface area contributed by atoms with Crippen molar-refractivity contribution in [1.29, 1.82) is 0 Å². The maximum Gasteiger partial charge on any atom is 0.125 e. The summed E-state index contributed by atoms with van der Waals surface area (Å²) >= 11 is 3.51. The second-order valence-electron chi connectivity index (χ2n) is 3.82. The molecule has 84 valence electrons. The minimum absolute atomic E-state index is 0.432. The normalized spacial score (nSPS) is 12.6. The van der Waals surface area contributed by atoms with Crippen LogP contribution < -0.4 is 10.5 Å². The van der Waals surface area contributed by atoms with Crippen molar-refractivity contribution in [3.05, 3.63) is 27.7 Å². The highest BCUT2D eigenvalue weighted by Gasteiger charge is 2.13. The lowest BCUT2D eigenvalue weighted by molar-refractivity contribution is 0.402. The summed E-state index contributed by atoms with van der Waals surface area (Å²) in [5.74, 6) is 1.42. The number of halogens is 1. The molecule has 15 heavy (non-hydrogen) atoms. The van der Waals surface area contributed by atoms with E-state index in [0.29, 0.717) is 12.5 Å². The second-order valence-corrected chi connectivity index (χ2v) is 4.74. The van der Waals surface area contributed by atoms with E-state index in [4.69, 9.17) is 10.5 Å². The molecule has 0 fully saturated rings. The Morgan fingerprint density at radius 1 is 1.47 bits per heavy atom. The fraction of sp³-hybridized carbons (Fsp3) is 0.500. The lowest BCUT2D eigenvalue weighted by atomic mass is 9.95. The monoisotopic (exact) mass is 271 g/mol. The Hall–Kier alpha value is -0.540. The van der Waals surface area contributed by atoms with E-state index in [-0.39, 0.29) is 0 Å². The topological polar surface area (TPSA) is 35.2 Å². The molecule has 2 nitrogen and oxygen atoms in total. The van der Waals surface area contributed by atoms with Crippen molar-refractivity contribution in [3.8, 4) is 5.75 Å². The van der Waals surface area contributed by atoms with Crippen molar-refractivity contribution in [2.45, 2.75) is 26.2 Å². The molecule has 0 aliphatic carbocycles. The molecular formula is C12H18BrNO. The number of nitrogens with two attached hydrogens (primary N) is 1. The fourth-order valence-electron chi connectivity index (χ4n) is 1.81. The number of aryl methyl sites for hydroxylation is 1. The van der Waals surface area contributed by atoms with Gasteiger partial charge in [-0.05, 0) is 49.1 Å². The van der Waals surface area contributed by atoms with E-state index in [1.54, 1.807) is 7.11 Å². The summed E-state index contributed by atoms with van der Waals surface area (Å²) < 4.78 is 6.53. The van der Waals surface area contributed by atoms with Gasteiger partial charge < -0.3 is 10.5 Å². The lowest BCUT2D eigenvalue weighted by Crippen LogP contribution is -2.06. The van der Waals surface area contributed by atoms with Gasteiger partial charge in [-0.15, -0.1) is 0 Å². The molecule has 2 N–H and O–H groups in total. The molecule has 0 radical (unpaired) electrons. The van der Waals surface area contributed by atoms with Gasteiger partial charge >= 0.3 is 0 Å². The van der Waals surface area contributed by atoms with Crippen LogP contribution in [0.3, 0.4) is 0 Å². The van der Waals surface area contributed by atoms with Gasteiger partial charge in [-0.2, -0.15) is 0 Å². The average Bonchev–Trinajstić information content (AvgIpc) is 2.17. The van der Waals surface area contributed by atoms with Crippen molar-refractivity contribution < 1.29 is 4.74 Å². The third-order valence-electron chi connectivity index (χ3n) is 2.60. The van der Waals surface area contributed by atoms with Gasteiger partial charge in [0.2, 0.25) is 0 Å². The highest BCUT2D eigenvalue weighted by molar-refractivity contribution is 9.10. The number of hydrogen-bond donors (Lipinski definition) is 1. The Morgan fingerprint density at radius 2 is 2.13 bits per heavy atom. The first kappa shape index (κ1) is 12.5. The Bertz CT molecular complexity index is 339. The summed E-state index contributed by atoms with van der Waals surface area (Å²) in [6.07, 6.45) is 0.978. The molecule has 0 saturated carbocycles. The van der Waals surface area contributed by atoms with Crippen LogP contribution in [0.1, 0.15) is 30.4 Å². The molecule has 0 saturated heterocycles. The molecule has 0 spiro atoms. The van der Waals surface area contributed by atoms with Crippen LogP contribution in [0, 0.1) is 6.92 Å². The lowest BCUT2D eigenvalue weighted by Gasteiger charge is -2.17. The molecule has 1 aromatic rings. The number of rotatable bonds is 4. The molecule has 0 bridgehead atoms. The van der Waals surface area contributed by atoms with E-state index >= 15 is 0 Å². The minimum Gasteiger partial charge on any atom is -0.496 e. The molecular weight excluding hydrogens is 254 g/mol. The van der Waals surface area contributed by atoms with Crippen LogP contribution in [-0.4, -0.2) is 13.7 Å². The molecule has 0 amide bonds. The van der Waals surface area contributed by atoms with E-state index in [9.17, 15) is 0 Å². The zero-order valence-corrected chi connectivity index (χ0v) is 11.1. The zero-order chi connectivity index (χ0) is 11.4. The van der Waals surface area contributed by atoms with Gasteiger partial charge in [0.1, 0.15) is 5.75 Å². The highest BCUT2D eigenvalue weighted by Crippen LogP contribution is 2.34. The Balaban J connectivity index is 3.13. The van der Waals surface area contributed by atoms with Crippen LogP contribution in [0.5, 0.6) is 5.75 Å². The predicted octanol–water partition coefficient (Wildman–Crippen LogP) is 3.22. The Labute approximate surface area is 99.9 Å². The van der Waals surface area contributed by atoms with Gasteiger partial charge in [0.05, 0.1) is 7.11 Å². The molecule has 1 rings (SSSR count). The third-order valence-corrected chi connectivity index (χ3v) is 3.06. The summed E-state index contributed by atoms with van der Waals surface area (Å²) in [4.78, 5) is 0. The van der Waals surface area contributed by atoms with Crippen LogP contribution in [0.2, 0.25) is 0 Å². The summed E-state index contributed by atoms with van der Waals surface area (Å²) in [7, 11) is 1.72. The van der Waals surface area contributed by atoms with Crippen LogP contribution in [0.25, 0.3) is 0 Å². The van der Waals surface area contributed by atoms with Crippen molar-refractivity contribution in [2.75, 3.05) is 13.7 Å². The molecule has 3 heteroatoms. The van der Waals surface area contributed by atoms with E-state index in [1.165, 1.54) is 5.56 Å². The Kier molecular flexibility index (Phi) is 4.61. The molecule has 0 aliphatic heterocycles. The van der Waals surface area contributed by atoms with Crippen molar-refractivity contribution in [2.24, 2.45) is 5.73 Å². The van der Waals surface area contributed by atoms with Crippen LogP contribution in [-0.2, 0) is 0 Å². The Morgan fingerprint density at radius 3 is 2.67 bits per heavy atom. The number of hydrogen-bond acceptors (Lipinski definition) is 2. The zero-order valence-electron chi connectivity index (χ0n) is 9.51. The van der Waals surface area contributed by atoms with Gasteiger partial charge in [-0.3, -0.25) is 0 Å². The van der Waals surface area contributed by atoms with Gasteiger partial charge in [-0.25, -0.2) is 0 Å². The van der Waals surface area contributed by atoms with Gasteiger partial charge in [0.25, 0.3) is 0 Å².